The lowest BCUT2D eigenvalue weighted by atomic mass is 10.1. The van der Waals surface area contributed by atoms with Crippen molar-refractivity contribution in [3.63, 3.8) is 0 Å². The highest BCUT2D eigenvalue weighted by atomic mass is 19.4. The summed E-state index contributed by atoms with van der Waals surface area (Å²) in [5, 5.41) is 6.38. The lowest BCUT2D eigenvalue weighted by molar-refractivity contribution is -0.138. The van der Waals surface area contributed by atoms with E-state index in [1.165, 1.54) is 13.0 Å². The third-order valence-electron chi connectivity index (χ3n) is 5.21. The van der Waals surface area contributed by atoms with E-state index < -0.39 is 11.7 Å². The van der Waals surface area contributed by atoms with Crippen LogP contribution in [0.3, 0.4) is 0 Å². The fourth-order valence-corrected chi connectivity index (χ4v) is 3.65. The monoisotopic (exact) mass is 413 g/mol. The van der Waals surface area contributed by atoms with E-state index in [0.29, 0.717) is 29.2 Å². The van der Waals surface area contributed by atoms with Crippen LogP contribution in [0.5, 0.6) is 0 Å². The number of rotatable bonds is 5. The first kappa shape index (κ1) is 20.1. The molecule has 1 aromatic carbocycles. The van der Waals surface area contributed by atoms with Gasteiger partial charge in [0.15, 0.2) is 0 Å². The molecule has 2 aromatic heterocycles. The maximum Gasteiger partial charge on any atom is 0.416 e. The van der Waals surface area contributed by atoms with E-state index >= 15 is 0 Å². The molecule has 0 spiro atoms. The Labute approximate surface area is 172 Å². The molecule has 8 heteroatoms. The zero-order valence-corrected chi connectivity index (χ0v) is 16.5. The van der Waals surface area contributed by atoms with E-state index in [-0.39, 0.29) is 5.56 Å². The number of anilines is 3. The Morgan fingerprint density at radius 3 is 2.40 bits per heavy atom. The Balaban J connectivity index is 1.68. The molecule has 3 aromatic rings. The summed E-state index contributed by atoms with van der Waals surface area (Å²) < 4.78 is 39.8. The first-order chi connectivity index (χ1) is 14.4. The van der Waals surface area contributed by atoms with Gasteiger partial charge in [0, 0.05) is 35.8 Å². The number of hydrogen-bond donors (Lipinski definition) is 2. The second-order valence-corrected chi connectivity index (χ2v) is 7.48. The molecule has 156 valence electrons. The highest BCUT2D eigenvalue weighted by molar-refractivity contribution is 5.67. The molecule has 0 radical (unpaired) electrons. The molecule has 0 unspecified atom stereocenters. The molecule has 0 amide bonds. The molecule has 2 N–H and O–H groups in total. The summed E-state index contributed by atoms with van der Waals surface area (Å²) in [6.07, 6.45) is 3.36. The van der Waals surface area contributed by atoms with Gasteiger partial charge in [0.05, 0.1) is 11.3 Å². The normalized spacial score (nSPS) is 14.7. The van der Waals surface area contributed by atoms with Crippen molar-refractivity contribution < 1.29 is 13.2 Å². The first-order valence-corrected chi connectivity index (χ1v) is 9.89. The van der Waals surface area contributed by atoms with Gasteiger partial charge in [-0.25, -0.2) is 4.98 Å². The average Bonchev–Trinajstić information content (AvgIpc) is 3.22. The fourth-order valence-electron chi connectivity index (χ4n) is 3.65. The van der Waals surface area contributed by atoms with Crippen molar-refractivity contribution in [3.8, 4) is 11.3 Å². The van der Waals surface area contributed by atoms with Gasteiger partial charge in [0.1, 0.15) is 5.82 Å². The highest BCUT2D eigenvalue weighted by Crippen LogP contribution is 2.34. The third kappa shape index (κ3) is 4.69. The van der Waals surface area contributed by atoms with Crippen LogP contribution in [0.2, 0.25) is 0 Å². The van der Waals surface area contributed by atoms with Crippen LogP contribution in [0.1, 0.15) is 36.8 Å². The quantitative estimate of drug-likeness (QED) is 0.540. The Hall–Kier alpha value is -3.16. The van der Waals surface area contributed by atoms with Crippen LogP contribution in [0.15, 0.2) is 48.8 Å². The van der Waals surface area contributed by atoms with E-state index in [9.17, 15) is 13.2 Å². The zero-order chi connectivity index (χ0) is 21.1. The molecule has 30 heavy (non-hydrogen) atoms. The molecule has 1 aliphatic carbocycles. The lowest BCUT2D eigenvalue weighted by Gasteiger charge is -2.16. The van der Waals surface area contributed by atoms with Crippen molar-refractivity contribution in [3.05, 3.63) is 59.9 Å². The van der Waals surface area contributed by atoms with Gasteiger partial charge < -0.3 is 10.6 Å². The van der Waals surface area contributed by atoms with Gasteiger partial charge in [-0.3, -0.25) is 4.98 Å². The average molecular weight is 413 g/mol. The number of aromatic nitrogens is 3. The maximum atomic E-state index is 13.3. The van der Waals surface area contributed by atoms with Gasteiger partial charge in [-0.1, -0.05) is 18.9 Å². The van der Waals surface area contributed by atoms with Crippen molar-refractivity contribution in [2.75, 3.05) is 10.6 Å². The third-order valence-corrected chi connectivity index (χ3v) is 5.21. The number of alkyl halides is 3. The number of aryl methyl sites for hydroxylation is 1. The van der Waals surface area contributed by atoms with Crippen LogP contribution in [-0.2, 0) is 6.18 Å². The van der Waals surface area contributed by atoms with Crippen LogP contribution in [0, 0.1) is 6.92 Å². The molecule has 1 fully saturated rings. The summed E-state index contributed by atoms with van der Waals surface area (Å²) in [7, 11) is 0. The Morgan fingerprint density at radius 1 is 0.967 bits per heavy atom. The summed E-state index contributed by atoms with van der Waals surface area (Å²) in [6, 6.07) is 9.87. The van der Waals surface area contributed by atoms with E-state index in [0.717, 1.165) is 37.3 Å². The topological polar surface area (TPSA) is 62.7 Å². The van der Waals surface area contributed by atoms with Crippen molar-refractivity contribution in [1.82, 2.24) is 15.0 Å². The van der Waals surface area contributed by atoms with Gasteiger partial charge >= 0.3 is 6.18 Å². The van der Waals surface area contributed by atoms with Crippen molar-refractivity contribution >= 4 is 17.5 Å². The Morgan fingerprint density at radius 2 is 1.70 bits per heavy atom. The number of halogens is 3. The Kier molecular flexibility index (Phi) is 5.57. The van der Waals surface area contributed by atoms with Gasteiger partial charge in [-0.2, -0.15) is 18.2 Å². The Bertz CT molecular complexity index is 1020. The minimum atomic E-state index is -4.41. The molecule has 0 aliphatic heterocycles. The maximum absolute atomic E-state index is 13.3. The predicted octanol–water partition coefficient (Wildman–Crippen LogP) is 5.96. The minimum Gasteiger partial charge on any atom is -0.351 e. The van der Waals surface area contributed by atoms with Crippen molar-refractivity contribution in [2.45, 2.75) is 44.8 Å². The molecule has 1 aliphatic rings. The fraction of sp³-hybridized carbons (Fsp3) is 0.318. The van der Waals surface area contributed by atoms with Crippen LogP contribution >= 0.6 is 0 Å². The molecule has 4 rings (SSSR count). The van der Waals surface area contributed by atoms with Crippen LogP contribution in [-0.4, -0.2) is 21.0 Å². The molecule has 0 atom stereocenters. The van der Waals surface area contributed by atoms with Gasteiger partial charge in [0.2, 0.25) is 5.95 Å². The molecular formula is C22H22F3N5. The van der Waals surface area contributed by atoms with Crippen molar-refractivity contribution in [2.24, 2.45) is 0 Å². The number of nitrogens with zero attached hydrogens (tertiary/aromatic N) is 3. The van der Waals surface area contributed by atoms with Gasteiger partial charge in [0.25, 0.3) is 0 Å². The SMILES string of the molecule is Cc1ccc(Nc2cc(-c3ccncc3)nc(NC3CCCC3)n2)cc1C(F)(F)F. The summed E-state index contributed by atoms with van der Waals surface area (Å²) in [5.41, 5.74) is 1.35. The summed E-state index contributed by atoms with van der Waals surface area (Å²) in [6.45, 7) is 1.45. The first-order valence-electron chi connectivity index (χ1n) is 9.89. The second kappa shape index (κ2) is 8.30. The molecule has 1 saturated carbocycles. The van der Waals surface area contributed by atoms with Gasteiger partial charge in [-0.05, 0) is 49.6 Å². The van der Waals surface area contributed by atoms with E-state index in [1.807, 2.05) is 12.1 Å². The molecule has 5 nitrogen and oxygen atoms in total. The smallest absolute Gasteiger partial charge is 0.351 e. The molecule has 0 bridgehead atoms. The molecular weight excluding hydrogens is 391 g/mol. The number of hydrogen-bond acceptors (Lipinski definition) is 5. The van der Waals surface area contributed by atoms with Crippen LogP contribution < -0.4 is 10.6 Å². The lowest BCUT2D eigenvalue weighted by Crippen LogP contribution is -2.17. The van der Waals surface area contributed by atoms with Crippen molar-refractivity contribution in [1.29, 1.82) is 0 Å². The van der Waals surface area contributed by atoms with Crippen LogP contribution in [0.4, 0.5) is 30.6 Å². The summed E-state index contributed by atoms with van der Waals surface area (Å²) >= 11 is 0. The second-order valence-electron chi connectivity index (χ2n) is 7.48. The number of benzene rings is 1. The standard InChI is InChI=1S/C22H22F3N5/c1-14-6-7-17(12-18(14)22(23,24)25)27-20-13-19(15-8-10-26-11-9-15)29-21(30-20)28-16-4-2-3-5-16/h6-13,16H,2-5H2,1H3,(H2,27,28,29,30). The van der Waals surface area contributed by atoms with E-state index in [1.54, 1.807) is 24.5 Å². The molecule has 2 heterocycles. The minimum absolute atomic E-state index is 0.178. The summed E-state index contributed by atoms with van der Waals surface area (Å²) in [4.78, 5) is 13.1. The van der Waals surface area contributed by atoms with Crippen LogP contribution in [0.25, 0.3) is 11.3 Å². The van der Waals surface area contributed by atoms with Gasteiger partial charge in [-0.15, -0.1) is 0 Å². The number of nitrogens with one attached hydrogen (secondary N) is 2. The predicted molar refractivity (Wildman–Crippen MR) is 111 cm³/mol. The zero-order valence-electron chi connectivity index (χ0n) is 16.5. The number of pyridine rings is 1. The highest BCUT2D eigenvalue weighted by Gasteiger charge is 2.32. The largest absolute Gasteiger partial charge is 0.416 e. The van der Waals surface area contributed by atoms with E-state index in [2.05, 4.69) is 25.6 Å². The van der Waals surface area contributed by atoms with E-state index in [4.69, 9.17) is 0 Å². The molecule has 0 saturated heterocycles. The summed E-state index contributed by atoms with van der Waals surface area (Å²) in [5.74, 6) is 0.885.